The van der Waals surface area contributed by atoms with Crippen molar-refractivity contribution < 1.29 is 23.8 Å². The largest absolute Gasteiger partial charge is 0.490 e. The van der Waals surface area contributed by atoms with Gasteiger partial charge in [-0.1, -0.05) is 12.1 Å². The van der Waals surface area contributed by atoms with E-state index in [0.29, 0.717) is 35.4 Å². The fraction of sp³-hybridized carbons (Fsp3) is 0.158. The zero-order valence-corrected chi connectivity index (χ0v) is 18.2. The van der Waals surface area contributed by atoms with Crippen LogP contribution in [-0.2, 0) is 4.79 Å². The van der Waals surface area contributed by atoms with E-state index < -0.39 is 0 Å². The number of nitrogens with one attached hydrogen (secondary N) is 1. The molecule has 2 aromatic rings. The second-order valence-corrected chi connectivity index (χ2v) is 8.72. The number of carbonyl (C=O) groups excluding carboxylic acids is 2. The first-order valence-electron chi connectivity index (χ1n) is 8.24. The van der Waals surface area contributed by atoms with E-state index in [1.165, 1.54) is 0 Å². The molecule has 9 heteroatoms. The van der Waals surface area contributed by atoms with Gasteiger partial charge in [-0.05, 0) is 79.5 Å². The molecule has 1 N–H and O–H groups in total. The van der Waals surface area contributed by atoms with Crippen LogP contribution < -0.4 is 19.5 Å². The van der Waals surface area contributed by atoms with Gasteiger partial charge in [0.2, 0.25) is 0 Å². The minimum absolute atomic E-state index is 0.230. The number of fused-ring (bicyclic) bond motifs is 1. The van der Waals surface area contributed by atoms with E-state index in [1.807, 2.05) is 24.3 Å². The molecular formula is C19H13Br2NO5S. The smallest absolute Gasteiger partial charge is 0.290 e. The Bertz CT molecular complexity index is 977. The van der Waals surface area contributed by atoms with Crippen molar-refractivity contribution in [1.29, 1.82) is 0 Å². The molecule has 2 heterocycles. The number of rotatable bonds is 4. The predicted molar refractivity (Wildman–Crippen MR) is 113 cm³/mol. The van der Waals surface area contributed by atoms with Crippen LogP contribution >= 0.6 is 43.6 Å². The molecule has 0 aliphatic carbocycles. The van der Waals surface area contributed by atoms with Crippen molar-refractivity contribution in [3.63, 3.8) is 0 Å². The van der Waals surface area contributed by atoms with Crippen LogP contribution in [0.3, 0.4) is 0 Å². The lowest BCUT2D eigenvalue weighted by atomic mass is 10.2. The quantitative estimate of drug-likeness (QED) is 0.579. The van der Waals surface area contributed by atoms with Gasteiger partial charge in [-0.25, -0.2) is 0 Å². The summed E-state index contributed by atoms with van der Waals surface area (Å²) in [5, 5.41) is 1.87. The molecule has 4 rings (SSSR count). The van der Waals surface area contributed by atoms with E-state index in [0.717, 1.165) is 26.3 Å². The molecule has 1 fully saturated rings. The van der Waals surface area contributed by atoms with Gasteiger partial charge in [-0.15, -0.1) is 0 Å². The molecule has 144 valence electrons. The zero-order valence-electron chi connectivity index (χ0n) is 14.2. The van der Waals surface area contributed by atoms with Gasteiger partial charge in [0.1, 0.15) is 19.0 Å². The standard InChI is InChI=1S/C19H13Br2NO5S/c20-13-6-15-16(7-14(13)21)27-12(9-26-15)8-25-11-3-1-10(2-4-11)5-17-18(23)22-19(24)28-17/h1-7,12H,8-9H2,(H,22,23,24)/b17-5-. The summed E-state index contributed by atoms with van der Waals surface area (Å²) in [5.41, 5.74) is 0.807. The van der Waals surface area contributed by atoms with E-state index in [9.17, 15) is 9.59 Å². The van der Waals surface area contributed by atoms with Gasteiger partial charge in [-0.3, -0.25) is 14.9 Å². The highest BCUT2D eigenvalue weighted by atomic mass is 79.9. The number of halogens is 2. The van der Waals surface area contributed by atoms with Gasteiger partial charge < -0.3 is 14.2 Å². The molecule has 0 radical (unpaired) electrons. The summed E-state index contributed by atoms with van der Waals surface area (Å²) < 4.78 is 19.3. The third-order valence-electron chi connectivity index (χ3n) is 3.96. The monoisotopic (exact) mass is 525 g/mol. The van der Waals surface area contributed by atoms with Crippen LogP contribution in [0.2, 0.25) is 0 Å². The molecule has 0 saturated carbocycles. The maximum absolute atomic E-state index is 11.6. The van der Waals surface area contributed by atoms with Crippen molar-refractivity contribution in [3.8, 4) is 17.2 Å². The fourth-order valence-electron chi connectivity index (χ4n) is 2.62. The van der Waals surface area contributed by atoms with Crippen LogP contribution in [0.5, 0.6) is 17.2 Å². The van der Waals surface area contributed by atoms with Crippen molar-refractivity contribution in [1.82, 2.24) is 5.32 Å². The predicted octanol–water partition coefficient (Wildman–Crippen LogP) is 4.75. The second-order valence-electron chi connectivity index (χ2n) is 6.00. The third kappa shape index (κ3) is 4.37. The third-order valence-corrected chi connectivity index (χ3v) is 6.62. The summed E-state index contributed by atoms with van der Waals surface area (Å²) in [6, 6.07) is 11.0. The first kappa shape index (κ1) is 19.4. The Hall–Kier alpha value is -1.97. The number of hydrogen-bond donors (Lipinski definition) is 1. The number of benzene rings is 2. The number of carbonyl (C=O) groups is 2. The summed E-state index contributed by atoms with van der Waals surface area (Å²) in [5.74, 6) is 1.66. The summed E-state index contributed by atoms with van der Waals surface area (Å²) >= 11 is 7.78. The Labute approximate surface area is 181 Å². The Kier molecular flexibility index (Phi) is 5.65. The van der Waals surface area contributed by atoms with Gasteiger partial charge in [0.25, 0.3) is 11.1 Å². The van der Waals surface area contributed by atoms with Crippen molar-refractivity contribution in [2.45, 2.75) is 6.10 Å². The highest BCUT2D eigenvalue weighted by molar-refractivity contribution is 9.13. The maximum Gasteiger partial charge on any atom is 0.290 e. The van der Waals surface area contributed by atoms with Gasteiger partial charge in [0.05, 0.1) is 4.91 Å². The molecule has 2 aromatic carbocycles. The van der Waals surface area contributed by atoms with Crippen molar-refractivity contribution in [2.75, 3.05) is 13.2 Å². The van der Waals surface area contributed by atoms with Crippen LogP contribution in [0, 0.1) is 0 Å². The highest BCUT2D eigenvalue weighted by Crippen LogP contribution is 2.39. The van der Waals surface area contributed by atoms with Crippen LogP contribution in [0.4, 0.5) is 4.79 Å². The maximum atomic E-state index is 11.6. The van der Waals surface area contributed by atoms with E-state index in [-0.39, 0.29) is 17.3 Å². The lowest BCUT2D eigenvalue weighted by molar-refractivity contribution is -0.115. The first-order chi connectivity index (χ1) is 13.5. The molecular weight excluding hydrogens is 514 g/mol. The average Bonchev–Trinajstić information content (AvgIpc) is 2.99. The molecule has 2 aliphatic heterocycles. The van der Waals surface area contributed by atoms with Crippen LogP contribution in [-0.4, -0.2) is 30.5 Å². The number of hydrogen-bond acceptors (Lipinski definition) is 6. The molecule has 1 unspecified atom stereocenters. The van der Waals surface area contributed by atoms with Crippen molar-refractivity contribution >= 4 is 60.8 Å². The molecule has 1 saturated heterocycles. The first-order valence-corrected chi connectivity index (χ1v) is 10.6. The normalized spacial score (nSPS) is 19.6. The summed E-state index contributed by atoms with van der Waals surface area (Å²) in [4.78, 5) is 23.2. The summed E-state index contributed by atoms with van der Waals surface area (Å²) in [6.07, 6.45) is 1.44. The zero-order chi connectivity index (χ0) is 19.7. The molecule has 0 spiro atoms. The minimum atomic E-state index is -0.372. The van der Waals surface area contributed by atoms with E-state index in [4.69, 9.17) is 14.2 Å². The van der Waals surface area contributed by atoms with Gasteiger partial charge in [-0.2, -0.15) is 0 Å². The Morgan fingerprint density at radius 3 is 2.54 bits per heavy atom. The topological polar surface area (TPSA) is 73.9 Å². The van der Waals surface area contributed by atoms with Crippen LogP contribution in [0.15, 0.2) is 50.2 Å². The van der Waals surface area contributed by atoms with E-state index >= 15 is 0 Å². The number of amides is 2. The molecule has 0 bridgehead atoms. The molecule has 6 nitrogen and oxygen atoms in total. The van der Waals surface area contributed by atoms with Crippen LogP contribution in [0.1, 0.15) is 5.56 Å². The Morgan fingerprint density at radius 1 is 1.14 bits per heavy atom. The molecule has 2 aliphatic rings. The molecule has 0 aromatic heterocycles. The van der Waals surface area contributed by atoms with E-state index in [2.05, 4.69) is 37.2 Å². The average molecular weight is 527 g/mol. The Morgan fingerprint density at radius 2 is 1.86 bits per heavy atom. The molecule has 28 heavy (non-hydrogen) atoms. The highest BCUT2D eigenvalue weighted by Gasteiger charge is 2.25. The molecule has 1 atom stereocenters. The summed E-state index contributed by atoms with van der Waals surface area (Å²) in [6.45, 7) is 0.728. The molecule has 2 amide bonds. The lowest BCUT2D eigenvalue weighted by Gasteiger charge is -2.27. The number of imide groups is 1. The van der Waals surface area contributed by atoms with Gasteiger partial charge in [0, 0.05) is 8.95 Å². The number of thioether (sulfide) groups is 1. The minimum Gasteiger partial charge on any atom is -0.490 e. The van der Waals surface area contributed by atoms with E-state index in [1.54, 1.807) is 18.2 Å². The SMILES string of the molecule is O=C1NC(=O)/C(=C/c2ccc(OCC3COc4cc(Br)c(Br)cc4O3)cc2)S1. The lowest BCUT2D eigenvalue weighted by Crippen LogP contribution is -2.34. The second kappa shape index (κ2) is 8.18. The number of ether oxygens (including phenoxy) is 3. The van der Waals surface area contributed by atoms with Crippen LogP contribution in [0.25, 0.3) is 6.08 Å². The van der Waals surface area contributed by atoms with Gasteiger partial charge in [0.15, 0.2) is 17.6 Å². The van der Waals surface area contributed by atoms with Crippen molar-refractivity contribution in [2.24, 2.45) is 0 Å². The van der Waals surface area contributed by atoms with Gasteiger partial charge >= 0.3 is 0 Å². The van der Waals surface area contributed by atoms with Crippen molar-refractivity contribution in [3.05, 3.63) is 55.8 Å². The summed E-state index contributed by atoms with van der Waals surface area (Å²) in [7, 11) is 0. The fourth-order valence-corrected chi connectivity index (χ4v) is 3.94. The Balaban J connectivity index is 1.35.